The quantitative estimate of drug-likeness (QED) is 0.207. The van der Waals surface area contributed by atoms with Crippen LogP contribution in [0.2, 0.25) is 0 Å². The van der Waals surface area contributed by atoms with Gasteiger partial charge in [0, 0.05) is 36.6 Å². The van der Waals surface area contributed by atoms with Crippen LogP contribution >= 0.6 is 23.5 Å². The number of nitrogens with zero attached hydrogens (tertiary/aromatic N) is 7. The largest absolute Gasteiger partial charge is 0.481 e. The second-order valence-corrected chi connectivity index (χ2v) is 9.62. The standard InChI is InChI=1S/C22H21N7O3S2/c1-32-13-29-15-9-14(4-5-16(15)34-22-20(29)23-6-7-24-22)10-28-12-27-18-19(28)25-11-26-21(18)33-8-2-3-17(30)31/h4-7,9,11-12H,2-3,8,10,13H2,1H3,(H,30,31). The lowest BCUT2D eigenvalue weighted by Crippen LogP contribution is -2.24. The summed E-state index contributed by atoms with van der Waals surface area (Å²) in [5.74, 6) is 0.651. The van der Waals surface area contributed by atoms with E-state index in [4.69, 9.17) is 9.84 Å². The van der Waals surface area contributed by atoms with Gasteiger partial charge >= 0.3 is 5.97 Å². The molecule has 1 aliphatic heterocycles. The molecular weight excluding hydrogens is 474 g/mol. The molecule has 0 amide bonds. The van der Waals surface area contributed by atoms with Crippen molar-refractivity contribution in [3.05, 3.63) is 48.8 Å². The molecule has 5 rings (SSSR count). The van der Waals surface area contributed by atoms with Gasteiger partial charge in [0.1, 0.15) is 28.6 Å². The first kappa shape index (κ1) is 22.6. The van der Waals surface area contributed by atoms with E-state index in [-0.39, 0.29) is 6.42 Å². The molecule has 174 valence electrons. The minimum atomic E-state index is -0.791. The van der Waals surface area contributed by atoms with Crippen molar-refractivity contribution in [1.82, 2.24) is 29.5 Å². The summed E-state index contributed by atoms with van der Waals surface area (Å²) in [6, 6.07) is 6.31. The molecule has 1 aliphatic rings. The van der Waals surface area contributed by atoms with Crippen LogP contribution in [-0.2, 0) is 16.1 Å². The van der Waals surface area contributed by atoms with Crippen LogP contribution in [0, 0.1) is 0 Å². The number of fused-ring (bicyclic) bond motifs is 3. The van der Waals surface area contributed by atoms with Gasteiger partial charge in [-0.25, -0.2) is 24.9 Å². The second kappa shape index (κ2) is 9.95. The maximum absolute atomic E-state index is 10.7. The van der Waals surface area contributed by atoms with Crippen LogP contribution in [0.4, 0.5) is 11.5 Å². The van der Waals surface area contributed by atoms with Gasteiger partial charge in [0.05, 0.1) is 18.6 Å². The summed E-state index contributed by atoms with van der Waals surface area (Å²) < 4.78 is 7.44. The number of carboxylic acids is 1. The zero-order valence-electron chi connectivity index (χ0n) is 18.3. The molecule has 1 aromatic carbocycles. The minimum absolute atomic E-state index is 0.141. The molecule has 34 heavy (non-hydrogen) atoms. The summed E-state index contributed by atoms with van der Waals surface area (Å²) in [7, 11) is 1.66. The lowest BCUT2D eigenvalue weighted by molar-refractivity contribution is -0.137. The first-order valence-electron chi connectivity index (χ1n) is 10.5. The molecule has 0 aliphatic carbocycles. The van der Waals surface area contributed by atoms with Crippen molar-refractivity contribution in [2.45, 2.75) is 34.3 Å². The van der Waals surface area contributed by atoms with Gasteiger partial charge in [0.25, 0.3) is 0 Å². The number of hydrogen-bond donors (Lipinski definition) is 1. The molecule has 0 fully saturated rings. The summed E-state index contributed by atoms with van der Waals surface area (Å²) in [6.45, 7) is 0.953. The number of aliphatic carboxylic acids is 1. The molecule has 0 radical (unpaired) electrons. The van der Waals surface area contributed by atoms with Crippen molar-refractivity contribution >= 4 is 52.2 Å². The molecule has 1 N–H and O–H groups in total. The van der Waals surface area contributed by atoms with Crippen molar-refractivity contribution in [3.63, 3.8) is 0 Å². The maximum Gasteiger partial charge on any atom is 0.303 e. The summed E-state index contributed by atoms with van der Waals surface area (Å²) in [5, 5.41) is 10.4. The molecule has 0 bridgehead atoms. The molecule has 10 nitrogen and oxygen atoms in total. The van der Waals surface area contributed by atoms with Gasteiger partial charge in [0.2, 0.25) is 0 Å². The number of hydrogen-bond acceptors (Lipinski definition) is 10. The number of rotatable bonds is 9. The number of carboxylic acid groups (broad SMARTS) is 1. The number of benzene rings is 1. The van der Waals surface area contributed by atoms with Crippen LogP contribution in [0.3, 0.4) is 0 Å². The fraction of sp³-hybridized carbons (Fsp3) is 0.273. The van der Waals surface area contributed by atoms with E-state index >= 15 is 0 Å². The summed E-state index contributed by atoms with van der Waals surface area (Å²) in [6.07, 6.45) is 7.39. The average molecular weight is 496 g/mol. The van der Waals surface area contributed by atoms with Crippen molar-refractivity contribution in [2.24, 2.45) is 0 Å². The summed E-state index contributed by atoms with van der Waals surface area (Å²) in [5.41, 5.74) is 3.57. The fourth-order valence-corrected chi connectivity index (χ4v) is 5.55. The second-order valence-electron chi connectivity index (χ2n) is 7.50. The molecule has 0 atom stereocenters. The van der Waals surface area contributed by atoms with Gasteiger partial charge in [0.15, 0.2) is 11.5 Å². The Morgan fingerprint density at radius 2 is 2.06 bits per heavy atom. The number of anilines is 2. The molecule has 0 saturated carbocycles. The Balaban J connectivity index is 1.39. The van der Waals surface area contributed by atoms with Crippen molar-refractivity contribution < 1.29 is 14.6 Å². The Morgan fingerprint density at radius 1 is 1.18 bits per heavy atom. The summed E-state index contributed by atoms with van der Waals surface area (Å²) >= 11 is 3.10. The van der Waals surface area contributed by atoms with E-state index in [1.165, 1.54) is 18.1 Å². The number of imidazole rings is 1. The normalized spacial score (nSPS) is 12.6. The molecule has 4 aromatic rings. The number of methoxy groups -OCH3 is 1. The van der Waals surface area contributed by atoms with Crippen molar-refractivity contribution in [3.8, 4) is 0 Å². The van der Waals surface area contributed by atoms with Crippen LogP contribution in [-0.4, -0.2) is 60.2 Å². The third-order valence-electron chi connectivity index (χ3n) is 5.18. The molecular formula is C22H21N7O3S2. The van der Waals surface area contributed by atoms with E-state index in [0.717, 1.165) is 43.2 Å². The highest BCUT2D eigenvalue weighted by Gasteiger charge is 2.26. The van der Waals surface area contributed by atoms with Gasteiger partial charge in [-0.05, 0) is 24.1 Å². The summed E-state index contributed by atoms with van der Waals surface area (Å²) in [4.78, 5) is 36.2. The van der Waals surface area contributed by atoms with E-state index < -0.39 is 5.97 Å². The Labute approximate surface area is 203 Å². The van der Waals surface area contributed by atoms with Crippen molar-refractivity contribution in [2.75, 3.05) is 24.5 Å². The first-order chi connectivity index (χ1) is 16.6. The highest BCUT2D eigenvalue weighted by Crippen LogP contribution is 2.46. The third-order valence-corrected chi connectivity index (χ3v) is 7.29. The molecule has 3 aromatic heterocycles. The fourth-order valence-electron chi connectivity index (χ4n) is 3.68. The van der Waals surface area contributed by atoms with Crippen LogP contribution in [0.5, 0.6) is 0 Å². The van der Waals surface area contributed by atoms with Gasteiger partial charge in [-0.2, -0.15) is 0 Å². The van der Waals surface area contributed by atoms with Crippen LogP contribution < -0.4 is 4.90 Å². The number of ether oxygens (including phenoxy) is 1. The predicted molar refractivity (Wildman–Crippen MR) is 129 cm³/mol. The number of thioether (sulfide) groups is 1. The predicted octanol–water partition coefficient (Wildman–Crippen LogP) is 3.83. The van der Waals surface area contributed by atoms with Crippen LogP contribution in [0.1, 0.15) is 18.4 Å². The Hall–Kier alpha value is -3.22. The first-order valence-corrected chi connectivity index (χ1v) is 12.3. The van der Waals surface area contributed by atoms with Gasteiger partial charge in [-0.1, -0.05) is 17.8 Å². The molecule has 12 heteroatoms. The third kappa shape index (κ3) is 4.56. The maximum atomic E-state index is 10.7. The number of carbonyl (C=O) groups is 1. The SMILES string of the molecule is COCN1c2cc(Cn3cnc4c(SCCCC(=O)O)ncnc43)ccc2Sc2nccnc21. The van der Waals surface area contributed by atoms with E-state index in [1.54, 1.807) is 37.6 Å². The molecule has 4 heterocycles. The minimum Gasteiger partial charge on any atom is -0.481 e. The average Bonchev–Trinajstić information content (AvgIpc) is 3.25. The van der Waals surface area contributed by atoms with E-state index in [2.05, 4.69) is 43.1 Å². The van der Waals surface area contributed by atoms with E-state index in [1.807, 2.05) is 9.47 Å². The smallest absolute Gasteiger partial charge is 0.303 e. The molecule has 0 saturated heterocycles. The lowest BCUT2D eigenvalue weighted by Gasteiger charge is -2.30. The van der Waals surface area contributed by atoms with Crippen LogP contribution in [0.25, 0.3) is 11.2 Å². The van der Waals surface area contributed by atoms with Gasteiger partial charge in [-0.3, -0.25) is 9.69 Å². The Morgan fingerprint density at radius 3 is 2.91 bits per heavy atom. The van der Waals surface area contributed by atoms with E-state index in [9.17, 15) is 4.79 Å². The van der Waals surface area contributed by atoms with Gasteiger partial charge in [-0.15, -0.1) is 11.8 Å². The lowest BCUT2D eigenvalue weighted by atomic mass is 10.2. The Bertz CT molecular complexity index is 1350. The zero-order chi connectivity index (χ0) is 23.5. The Kier molecular flexibility index (Phi) is 6.61. The van der Waals surface area contributed by atoms with E-state index in [0.29, 0.717) is 25.4 Å². The highest BCUT2D eigenvalue weighted by molar-refractivity contribution is 7.99. The number of aromatic nitrogens is 6. The monoisotopic (exact) mass is 495 g/mol. The zero-order valence-corrected chi connectivity index (χ0v) is 19.9. The van der Waals surface area contributed by atoms with Crippen molar-refractivity contribution in [1.29, 1.82) is 0 Å². The van der Waals surface area contributed by atoms with Gasteiger partial charge < -0.3 is 14.4 Å². The molecule has 0 unspecified atom stereocenters. The molecule has 0 spiro atoms. The topological polar surface area (TPSA) is 119 Å². The van der Waals surface area contributed by atoms with Crippen LogP contribution in [0.15, 0.2) is 58.2 Å². The highest BCUT2D eigenvalue weighted by atomic mass is 32.2.